The minimum Gasteiger partial charge on any atom is -0.147 e. The van der Waals surface area contributed by atoms with Crippen molar-refractivity contribution in [3.05, 3.63) is 0 Å². The molecule has 0 aliphatic heterocycles. The van der Waals surface area contributed by atoms with E-state index in [1.807, 2.05) is 0 Å². The Balaban J connectivity index is 1.69. The third-order valence-electron chi connectivity index (χ3n) is 9.17. The summed E-state index contributed by atoms with van der Waals surface area (Å²) >= 11 is 2.51. The van der Waals surface area contributed by atoms with E-state index in [4.69, 9.17) is 0 Å². The van der Waals surface area contributed by atoms with Crippen LogP contribution in [0.5, 0.6) is 0 Å². The fraction of sp³-hybridized carbons (Fsp3) is 1.00. The monoisotopic (exact) mass is 306 g/mol. The van der Waals surface area contributed by atoms with Crippen LogP contribution in [0.25, 0.3) is 0 Å². The van der Waals surface area contributed by atoms with Crippen molar-refractivity contribution in [3.63, 3.8) is 0 Å². The Kier molecular flexibility index (Phi) is 2.88. The highest BCUT2D eigenvalue weighted by Crippen LogP contribution is 2.79. The predicted octanol–water partition coefficient (Wildman–Crippen LogP) is 6.15. The molecule has 21 heavy (non-hydrogen) atoms. The van der Waals surface area contributed by atoms with Crippen LogP contribution < -0.4 is 0 Å². The normalized spacial score (nSPS) is 56.3. The molecule has 0 aromatic rings. The van der Waals surface area contributed by atoms with Gasteiger partial charge in [-0.25, -0.2) is 0 Å². The first kappa shape index (κ1) is 14.9. The van der Waals surface area contributed by atoms with Crippen molar-refractivity contribution in [1.29, 1.82) is 0 Å². The van der Waals surface area contributed by atoms with Gasteiger partial charge in [-0.05, 0) is 73.0 Å². The minimum absolute atomic E-state index is 0.572. The van der Waals surface area contributed by atoms with E-state index in [-0.39, 0.29) is 0 Å². The van der Waals surface area contributed by atoms with Crippen LogP contribution in [0.4, 0.5) is 0 Å². The van der Waals surface area contributed by atoms with Gasteiger partial charge in [0.15, 0.2) is 0 Å². The maximum Gasteiger partial charge on any atom is 0.0247 e. The largest absolute Gasteiger partial charge is 0.147 e. The third-order valence-corrected chi connectivity index (χ3v) is 12.1. The molecule has 0 heterocycles. The first-order valence-corrected chi connectivity index (χ1v) is 10.2. The lowest BCUT2D eigenvalue weighted by Gasteiger charge is -2.76. The van der Waals surface area contributed by atoms with Crippen molar-refractivity contribution in [2.24, 2.45) is 34.5 Å². The van der Waals surface area contributed by atoms with Gasteiger partial charge in [0.25, 0.3) is 0 Å². The van der Waals surface area contributed by atoms with Crippen LogP contribution in [-0.2, 0) is 0 Å². The second-order valence-corrected chi connectivity index (χ2v) is 11.7. The smallest absolute Gasteiger partial charge is 0.0247 e. The summed E-state index contributed by atoms with van der Waals surface area (Å²) in [7, 11) is 0. The Hall–Kier alpha value is 0.350. The molecule has 4 bridgehead atoms. The van der Waals surface area contributed by atoms with Crippen molar-refractivity contribution < 1.29 is 0 Å². The molecule has 6 fully saturated rings. The first-order valence-electron chi connectivity index (χ1n) is 9.37. The van der Waals surface area contributed by atoms with Crippen LogP contribution in [0.15, 0.2) is 0 Å². The summed E-state index contributed by atoms with van der Waals surface area (Å²) in [6.45, 7) is 15.5. The summed E-state index contributed by atoms with van der Waals surface area (Å²) in [5.41, 5.74) is 1.14. The molecule has 0 spiro atoms. The van der Waals surface area contributed by atoms with Crippen LogP contribution >= 0.6 is 11.8 Å². The lowest BCUT2D eigenvalue weighted by molar-refractivity contribution is -0.0914. The molecule has 6 rings (SSSR count). The van der Waals surface area contributed by atoms with Gasteiger partial charge >= 0.3 is 0 Å². The molecule has 1 heteroatoms. The minimum atomic E-state index is 0.572. The lowest BCUT2D eigenvalue weighted by atomic mass is 9.44. The number of fused-ring (bicyclic) bond motifs is 4. The second kappa shape index (κ2) is 4.05. The first-order chi connectivity index (χ1) is 9.67. The zero-order chi connectivity index (χ0) is 15.3. The van der Waals surface area contributed by atoms with Gasteiger partial charge in [-0.3, -0.25) is 0 Å². The van der Waals surface area contributed by atoms with E-state index in [1.165, 1.54) is 38.5 Å². The topological polar surface area (TPSA) is 0 Å². The maximum absolute atomic E-state index is 2.59. The number of rotatable bonds is 2. The molecule has 6 aliphatic rings. The van der Waals surface area contributed by atoms with Gasteiger partial charge in [0.1, 0.15) is 0 Å². The Morgan fingerprint density at radius 3 is 1.33 bits per heavy atom. The van der Waals surface area contributed by atoms with Gasteiger partial charge in [0.2, 0.25) is 0 Å². The number of thioether (sulfide) groups is 1. The van der Waals surface area contributed by atoms with Crippen LogP contribution in [-0.4, -0.2) is 9.49 Å². The summed E-state index contributed by atoms with van der Waals surface area (Å²) in [5.74, 6) is 3.85. The standard InChI is InChI=1S/C20H34S/c1-13-7-9-15-11-19(13,17(15,3)4)21-20-12-16(18(20,5)6)10-8-14(20)2/h13-16H,7-12H2,1-6H3. The van der Waals surface area contributed by atoms with Gasteiger partial charge in [0.05, 0.1) is 0 Å². The third kappa shape index (κ3) is 1.47. The molecule has 6 atom stereocenters. The van der Waals surface area contributed by atoms with Gasteiger partial charge in [-0.2, -0.15) is 0 Å². The molecule has 0 saturated heterocycles. The molecule has 6 unspecified atom stereocenters. The summed E-state index contributed by atoms with van der Waals surface area (Å²) < 4.78 is 1.17. The molecule has 0 aromatic carbocycles. The second-order valence-electron chi connectivity index (χ2n) is 10.1. The van der Waals surface area contributed by atoms with Crippen molar-refractivity contribution in [3.8, 4) is 0 Å². The molecule has 0 radical (unpaired) electrons. The Labute approximate surface area is 136 Å². The quantitative estimate of drug-likeness (QED) is 0.589. The van der Waals surface area contributed by atoms with E-state index in [0.29, 0.717) is 20.3 Å². The zero-order valence-electron chi connectivity index (χ0n) is 15.0. The summed E-state index contributed by atoms with van der Waals surface area (Å²) in [6.07, 6.45) is 8.98. The van der Waals surface area contributed by atoms with Crippen molar-refractivity contribution in [2.45, 2.75) is 89.6 Å². The van der Waals surface area contributed by atoms with Crippen molar-refractivity contribution in [1.82, 2.24) is 0 Å². The highest BCUT2D eigenvalue weighted by Gasteiger charge is 2.72. The molecule has 0 N–H and O–H groups in total. The zero-order valence-corrected chi connectivity index (χ0v) is 15.8. The van der Waals surface area contributed by atoms with Crippen molar-refractivity contribution >= 4 is 11.8 Å². The van der Waals surface area contributed by atoms with Crippen molar-refractivity contribution in [2.75, 3.05) is 0 Å². The maximum atomic E-state index is 2.59. The highest BCUT2D eigenvalue weighted by atomic mass is 32.2. The molecule has 120 valence electrons. The molecule has 0 aromatic heterocycles. The average Bonchev–Trinajstić information content (AvgIpc) is 2.42. The fourth-order valence-corrected chi connectivity index (χ4v) is 9.75. The Morgan fingerprint density at radius 2 is 1.05 bits per heavy atom. The molecular formula is C20H34S. The Morgan fingerprint density at radius 1 is 0.667 bits per heavy atom. The lowest BCUT2D eigenvalue weighted by Crippen LogP contribution is -2.72. The van der Waals surface area contributed by atoms with E-state index >= 15 is 0 Å². The number of hydrogen-bond donors (Lipinski definition) is 0. The van der Waals surface area contributed by atoms with Crippen LogP contribution in [0.3, 0.4) is 0 Å². The molecule has 6 aliphatic carbocycles. The molecular weight excluding hydrogens is 272 g/mol. The summed E-state index contributed by atoms with van der Waals surface area (Å²) in [4.78, 5) is 0. The summed E-state index contributed by atoms with van der Waals surface area (Å²) in [6, 6.07) is 0. The number of hydrogen-bond acceptors (Lipinski definition) is 1. The van der Waals surface area contributed by atoms with Crippen LogP contribution in [0.2, 0.25) is 0 Å². The predicted molar refractivity (Wildman–Crippen MR) is 93.6 cm³/mol. The van der Waals surface area contributed by atoms with Gasteiger partial charge in [-0.1, -0.05) is 41.5 Å². The SMILES string of the molecule is CC1CCC2CC1(SC13CC(CCC1C)C3(C)C)C2(C)C. The van der Waals surface area contributed by atoms with E-state index in [0.717, 1.165) is 23.7 Å². The van der Waals surface area contributed by atoms with Gasteiger partial charge < -0.3 is 0 Å². The fourth-order valence-electron chi connectivity index (χ4n) is 7.04. The van der Waals surface area contributed by atoms with Gasteiger partial charge in [-0.15, -0.1) is 11.8 Å². The average molecular weight is 307 g/mol. The van der Waals surface area contributed by atoms with E-state index in [2.05, 4.69) is 53.3 Å². The Bertz CT molecular complexity index is 422. The molecule has 0 amide bonds. The van der Waals surface area contributed by atoms with Crippen LogP contribution in [0, 0.1) is 34.5 Å². The highest BCUT2D eigenvalue weighted by molar-refractivity contribution is 8.02. The summed E-state index contributed by atoms with van der Waals surface area (Å²) in [5, 5.41) is 0. The molecule has 6 saturated carbocycles. The molecule has 0 nitrogen and oxygen atoms in total. The van der Waals surface area contributed by atoms with E-state index in [9.17, 15) is 0 Å². The van der Waals surface area contributed by atoms with E-state index < -0.39 is 0 Å². The van der Waals surface area contributed by atoms with Crippen LogP contribution in [0.1, 0.15) is 80.1 Å². The van der Waals surface area contributed by atoms with Gasteiger partial charge in [0, 0.05) is 9.49 Å². The van der Waals surface area contributed by atoms with E-state index in [1.54, 1.807) is 0 Å².